The molecule has 1 heterocycles. The van der Waals surface area contributed by atoms with E-state index < -0.39 is 6.10 Å². The normalized spacial score (nSPS) is 13.2. The Hall–Kier alpha value is -1.26. The van der Waals surface area contributed by atoms with Crippen molar-refractivity contribution in [2.75, 3.05) is 13.1 Å². The van der Waals surface area contributed by atoms with Crippen LogP contribution in [0.4, 0.5) is 0 Å². The number of aliphatic hydroxyl groups is 1. The second-order valence-electron chi connectivity index (χ2n) is 7.08. The minimum absolute atomic E-state index is 0.405. The van der Waals surface area contributed by atoms with Gasteiger partial charge in [-0.25, -0.2) is 0 Å². The average molecular weight is 380 g/mol. The van der Waals surface area contributed by atoms with Gasteiger partial charge in [0.25, 0.3) is 0 Å². The van der Waals surface area contributed by atoms with Crippen LogP contribution in [0, 0.1) is 5.92 Å². The maximum Gasteiger partial charge on any atom is 0.121 e. The van der Waals surface area contributed by atoms with Gasteiger partial charge in [0.1, 0.15) is 12.6 Å². The number of aromatic nitrogens is 1. The molecule has 134 valence electrons. The summed E-state index contributed by atoms with van der Waals surface area (Å²) in [7, 11) is 0. The van der Waals surface area contributed by atoms with E-state index in [1.807, 2.05) is 36.4 Å². The number of benzene rings is 2. The Bertz CT molecular complexity index is 814. The van der Waals surface area contributed by atoms with E-state index in [0.29, 0.717) is 29.1 Å². The van der Waals surface area contributed by atoms with Gasteiger partial charge in [-0.05, 0) is 48.7 Å². The summed E-state index contributed by atoms with van der Waals surface area (Å²) in [5, 5.41) is 16.3. The molecule has 0 amide bonds. The fourth-order valence-electron chi connectivity index (χ4n) is 3.29. The third-order valence-corrected chi connectivity index (χ3v) is 5.04. The van der Waals surface area contributed by atoms with Gasteiger partial charge in [0.15, 0.2) is 0 Å². The first kappa shape index (κ1) is 18.5. The monoisotopic (exact) mass is 379 g/mol. The zero-order valence-corrected chi connectivity index (χ0v) is 16.2. The lowest BCUT2D eigenvalue weighted by atomic mass is 10.1. The Morgan fingerprint density at radius 1 is 1.00 bits per heavy atom. The number of rotatable bonds is 7. The third-order valence-electron chi connectivity index (χ3n) is 4.57. The fraction of sp³-hybridized carbons (Fsp3) is 0.400. The summed E-state index contributed by atoms with van der Waals surface area (Å²) in [4.78, 5) is 0. The molecule has 1 aromatic heterocycles. The molecule has 0 bridgehead atoms. The molecule has 0 aliphatic heterocycles. The number of hydrogen-bond donors (Lipinski definition) is 2. The first-order chi connectivity index (χ1) is 12.0. The predicted octanol–water partition coefficient (Wildman–Crippen LogP) is 4.07. The van der Waals surface area contributed by atoms with Gasteiger partial charge in [-0.1, -0.05) is 37.0 Å². The molecule has 0 radical (unpaired) electrons. The van der Waals surface area contributed by atoms with Crippen LogP contribution in [-0.4, -0.2) is 28.9 Å². The summed E-state index contributed by atoms with van der Waals surface area (Å²) < 4.78 is 2.16. The summed E-state index contributed by atoms with van der Waals surface area (Å²) in [6.07, 6.45) is 0.761. The zero-order valence-electron chi connectivity index (χ0n) is 14.7. The lowest BCUT2D eigenvalue weighted by molar-refractivity contribution is -0.662. The molecule has 0 unspecified atom stereocenters. The largest absolute Gasteiger partial charge is 0.385 e. The van der Waals surface area contributed by atoms with E-state index in [1.54, 1.807) is 0 Å². The number of quaternary nitrogens is 1. The predicted molar refractivity (Wildman–Crippen MR) is 107 cm³/mol. The second kappa shape index (κ2) is 7.96. The highest BCUT2D eigenvalue weighted by atomic mass is 35.5. The zero-order chi connectivity index (χ0) is 18.0. The van der Waals surface area contributed by atoms with Gasteiger partial charge >= 0.3 is 0 Å². The molecule has 0 aliphatic carbocycles. The number of nitrogens with two attached hydrogens (primary N) is 1. The summed E-state index contributed by atoms with van der Waals surface area (Å²) in [6, 6.07) is 11.7. The molecular formula is C20H25Cl2N2O+. The van der Waals surface area contributed by atoms with E-state index in [9.17, 15) is 5.11 Å². The molecule has 0 saturated heterocycles. The minimum atomic E-state index is -0.405. The van der Waals surface area contributed by atoms with Crippen LogP contribution in [0.25, 0.3) is 21.8 Å². The van der Waals surface area contributed by atoms with Crippen molar-refractivity contribution in [1.82, 2.24) is 4.57 Å². The molecule has 0 fully saturated rings. The van der Waals surface area contributed by atoms with Crippen molar-refractivity contribution in [1.29, 1.82) is 0 Å². The molecule has 3 aromatic rings. The molecule has 3 rings (SSSR count). The van der Waals surface area contributed by atoms with Gasteiger partial charge in [0.2, 0.25) is 0 Å². The standard InChI is InChI=1S/C20H24Cl2N2O/c1-13(2)7-8-23-11-16(25)12-24-19-5-3-14(21)9-17(19)18-10-15(22)4-6-20(18)24/h3-6,9-10,13,16,23,25H,7-8,11-12H2,1-2H3/p+1/t16-/m1/s1. The van der Waals surface area contributed by atoms with Crippen molar-refractivity contribution in [3.8, 4) is 0 Å². The summed E-state index contributed by atoms with van der Waals surface area (Å²) in [5.74, 6) is 0.695. The smallest absolute Gasteiger partial charge is 0.121 e. The third kappa shape index (κ3) is 4.29. The van der Waals surface area contributed by atoms with E-state index in [0.717, 1.165) is 28.4 Å². The summed E-state index contributed by atoms with van der Waals surface area (Å²) in [5.41, 5.74) is 2.14. The molecule has 5 heteroatoms. The summed E-state index contributed by atoms with van der Waals surface area (Å²) in [6.45, 7) is 6.75. The van der Waals surface area contributed by atoms with Crippen molar-refractivity contribution in [3.05, 3.63) is 46.4 Å². The van der Waals surface area contributed by atoms with Crippen molar-refractivity contribution in [3.63, 3.8) is 0 Å². The Morgan fingerprint density at radius 3 is 2.08 bits per heavy atom. The van der Waals surface area contributed by atoms with Crippen molar-refractivity contribution in [2.45, 2.75) is 32.9 Å². The van der Waals surface area contributed by atoms with Crippen molar-refractivity contribution in [2.24, 2.45) is 5.92 Å². The topological polar surface area (TPSA) is 41.8 Å². The fourth-order valence-corrected chi connectivity index (χ4v) is 3.64. The second-order valence-corrected chi connectivity index (χ2v) is 7.96. The highest BCUT2D eigenvalue weighted by Gasteiger charge is 2.15. The van der Waals surface area contributed by atoms with Crippen LogP contribution in [0.2, 0.25) is 10.0 Å². The molecule has 3 nitrogen and oxygen atoms in total. The summed E-state index contributed by atoms with van der Waals surface area (Å²) >= 11 is 12.4. The van der Waals surface area contributed by atoms with Gasteiger partial charge in [0, 0.05) is 31.9 Å². The van der Waals surface area contributed by atoms with Crippen LogP contribution >= 0.6 is 23.2 Å². The molecule has 3 N–H and O–H groups in total. The van der Waals surface area contributed by atoms with Gasteiger partial charge in [-0.2, -0.15) is 0 Å². The van der Waals surface area contributed by atoms with E-state index in [-0.39, 0.29) is 0 Å². The molecule has 0 aliphatic rings. The molecule has 0 spiro atoms. The number of fused-ring (bicyclic) bond motifs is 3. The Morgan fingerprint density at radius 2 is 1.56 bits per heavy atom. The van der Waals surface area contributed by atoms with Crippen molar-refractivity contribution >= 4 is 45.0 Å². The van der Waals surface area contributed by atoms with E-state index in [1.165, 1.54) is 6.42 Å². The average Bonchev–Trinajstić information content (AvgIpc) is 2.84. The van der Waals surface area contributed by atoms with Crippen LogP contribution < -0.4 is 5.32 Å². The lowest BCUT2D eigenvalue weighted by Crippen LogP contribution is -2.86. The maximum absolute atomic E-state index is 10.5. The molecule has 25 heavy (non-hydrogen) atoms. The first-order valence-electron chi connectivity index (χ1n) is 8.82. The Balaban J connectivity index is 1.87. The molecule has 1 atom stereocenters. The van der Waals surface area contributed by atoms with Crippen LogP contribution in [0.1, 0.15) is 20.3 Å². The number of hydrogen-bond acceptors (Lipinski definition) is 1. The SMILES string of the molecule is CC(C)CC[NH2+]C[C@@H](O)Cn1c2ccc(Cl)cc2c2cc(Cl)ccc21. The number of nitrogens with zero attached hydrogens (tertiary/aromatic N) is 1. The van der Waals surface area contributed by atoms with Crippen LogP contribution in [0.5, 0.6) is 0 Å². The Kier molecular flexibility index (Phi) is 5.90. The van der Waals surface area contributed by atoms with Crippen LogP contribution in [-0.2, 0) is 6.54 Å². The van der Waals surface area contributed by atoms with Gasteiger partial charge in [-0.15, -0.1) is 0 Å². The van der Waals surface area contributed by atoms with E-state index >= 15 is 0 Å². The van der Waals surface area contributed by atoms with E-state index in [4.69, 9.17) is 23.2 Å². The number of halogens is 2. The first-order valence-corrected chi connectivity index (χ1v) is 9.58. The quantitative estimate of drug-likeness (QED) is 0.596. The Labute approximate surface area is 158 Å². The van der Waals surface area contributed by atoms with E-state index in [2.05, 4.69) is 23.7 Å². The minimum Gasteiger partial charge on any atom is -0.385 e. The molecule has 0 saturated carbocycles. The van der Waals surface area contributed by atoms with Gasteiger partial charge in [-0.3, -0.25) is 0 Å². The van der Waals surface area contributed by atoms with Gasteiger partial charge in [0.05, 0.1) is 13.1 Å². The lowest BCUT2D eigenvalue weighted by Gasteiger charge is -2.13. The van der Waals surface area contributed by atoms with Crippen LogP contribution in [0.15, 0.2) is 36.4 Å². The van der Waals surface area contributed by atoms with Crippen LogP contribution in [0.3, 0.4) is 0 Å². The van der Waals surface area contributed by atoms with Gasteiger partial charge < -0.3 is 15.0 Å². The van der Waals surface area contributed by atoms with Crippen molar-refractivity contribution < 1.29 is 10.4 Å². The number of aliphatic hydroxyl groups excluding tert-OH is 1. The highest BCUT2D eigenvalue weighted by Crippen LogP contribution is 2.32. The highest BCUT2D eigenvalue weighted by molar-refractivity contribution is 6.33. The molecular weight excluding hydrogens is 355 g/mol. The maximum atomic E-state index is 10.5. The molecule has 2 aromatic carbocycles.